The molecule has 0 saturated carbocycles. The van der Waals surface area contributed by atoms with Crippen molar-refractivity contribution in [2.45, 2.75) is 11.4 Å². The maximum atomic E-state index is 11.9. The molecule has 2 rings (SSSR count). The van der Waals surface area contributed by atoms with Crippen molar-refractivity contribution < 1.29 is 13.2 Å². The average molecular weight is 308 g/mol. The van der Waals surface area contributed by atoms with E-state index in [1.54, 1.807) is 24.3 Å². The Morgan fingerprint density at radius 3 is 2.50 bits per heavy atom. The zero-order valence-electron chi connectivity index (χ0n) is 9.27. The molecule has 0 radical (unpaired) electrons. The van der Waals surface area contributed by atoms with E-state index in [2.05, 4.69) is 5.32 Å². The molecule has 0 spiro atoms. The second-order valence-corrected chi connectivity index (χ2v) is 7.27. The molecule has 1 N–H and O–H groups in total. The van der Waals surface area contributed by atoms with Crippen molar-refractivity contribution in [2.24, 2.45) is 0 Å². The van der Waals surface area contributed by atoms with Crippen LogP contribution in [-0.4, -0.2) is 37.2 Å². The lowest BCUT2D eigenvalue weighted by Crippen LogP contribution is -2.40. The second-order valence-electron chi connectivity index (χ2n) is 4.15. The Kier molecular flexibility index (Phi) is 3.84. The van der Waals surface area contributed by atoms with Gasteiger partial charge in [0.2, 0.25) is 0 Å². The molecule has 0 aromatic heterocycles. The molecule has 1 fully saturated rings. The van der Waals surface area contributed by atoms with Crippen molar-refractivity contribution in [2.75, 3.05) is 11.5 Å². The quantitative estimate of drug-likeness (QED) is 0.842. The van der Waals surface area contributed by atoms with Gasteiger partial charge in [-0.1, -0.05) is 23.7 Å². The Hall–Kier alpha value is -0.780. The van der Waals surface area contributed by atoms with Crippen LogP contribution in [0.1, 0.15) is 10.4 Å². The molecule has 98 valence electrons. The summed E-state index contributed by atoms with van der Waals surface area (Å²) >= 11 is 11.8. The van der Waals surface area contributed by atoms with Gasteiger partial charge in [0.25, 0.3) is 5.91 Å². The van der Waals surface area contributed by atoms with E-state index in [0.717, 1.165) is 0 Å². The highest BCUT2D eigenvalue weighted by Gasteiger charge is 2.37. The van der Waals surface area contributed by atoms with Crippen molar-refractivity contribution in [1.29, 1.82) is 0 Å². The van der Waals surface area contributed by atoms with Crippen molar-refractivity contribution in [3.05, 3.63) is 34.9 Å². The smallest absolute Gasteiger partial charge is 0.253 e. The van der Waals surface area contributed by atoms with E-state index in [0.29, 0.717) is 10.6 Å². The standard InChI is InChI=1S/C11H11Cl2NO3S/c12-8-4-2-1-3-7(8)11(15)14-10-6-18(16,17)5-9(10)13/h1-4,9-10H,5-6H2,(H,14,15). The number of carbonyl (C=O) groups excluding carboxylic acids is 1. The first-order valence-electron chi connectivity index (χ1n) is 5.29. The average Bonchev–Trinajstić information content (AvgIpc) is 2.52. The topological polar surface area (TPSA) is 63.2 Å². The number of benzene rings is 1. The lowest BCUT2D eigenvalue weighted by atomic mass is 10.2. The van der Waals surface area contributed by atoms with Gasteiger partial charge in [-0.05, 0) is 12.1 Å². The Morgan fingerprint density at radius 2 is 1.94 bits per heavy atom. The highest BCUT2D eigenvalue weighted by atomic mass is 35.5. The Morgan fingerprint density at radius 1 is 1.28 bits per heavy atom. The van der Waals surface area contributed by atoms with E-state index >= 15 is 0 Å². The predicted octanol–water partition coefficient (Wildman–Crippen LogP) is 1.47. The normalized spacial score (nSPS) is 25.9. The Balaban J connectivity index is 2.12. The second kappa shape index (κ2) is 5.07. The van der Waals surface area contributed by atoms with Gasteiger partial charge in [0.05, 0.1) is 33.5 Å². The molecule has 1 aromatic rings. The molecule has 18 heavy (non-hydrogen) atoms. The number of rotatable bonds is 2. The maximum absolute atomic E-state index is 11.9. The van der Waals surface area contributed by atoms with E-state index in [1.807, 2.05) is 0 Å². The monoisotopic (exact) mass is 307 g/mol. The van der Waals surface area contributed by atoms with Crippen LogP contribution in [-0.2, 0) is 9.84 Å². The zero-order valence-corrected chi connectivity index (χ0v) is 11.6. The summed E-state index contributed by atoms with van der Waals surface area (Å²) in [6, 6.07) is 6.00. The fourth-order valence-electron chi connectivity index (χ4n) is 1.83. The molecule has 7 heteroatoms. The van der Waals surface area contributed by atoms with E-state index in [9.17, 15) is 13.2 Å². The largest absolute Gasteiger partial charge is 0.347 e. The predicted molar refractivity (Wildman–Crippen MR) is 71.0 cm³/mol. The molecule has 0 bridgehead atoms. The van der Waals surface area contributed by atoms with Crippen LogP contribution >= 0.6 is 23.2 Å². The van der Waals surface area contributed by atoms with Gasteiger partial charge in [-0.2, -0.15) is 0 Å². The molecule has 1 heterocycles. The number of alkyl halides is 1. The lowest BCUT2D eigenvalue weighted by Gasteiger charge is -2.14. The third-order valence-electron chi connectivity index (χ3n) is 2.72. The van der Waals surface area contributed by atoms with Crippen LogP contribution in [0.4, 0.5) is 0 Å². The number of nitrogens with one attached hydrogen (secondary N) is 1. The molecule has 1 amide bonds. The Bertz CT molecular complexity index is 573. The van der Waals surface area contributed by atoms with Crippen molar-refractivity contribution >= 4 is 38.9 Å². The number of carbonyl (C=O) groups is 1. The number of hydrogen-bond acceptors (Lipinski definition) is 3. The third kappa shape index (κ3) is 2.96. The fourth-order valence-corrected chi connectivity index (χ4v) is 4.60. The molecule has 1 aliphatic rings. The highest BCUT2D eigenvalue weighted by molar-refractivity contribution is 7.91. The molecule has 2 atom stereocenters. The minimum atomic E-state index is -3.16. The summed E-state index contributed by atoms with van der Waals surface area (Å²) in [4.78, 5) is 11.9. The summed E-state index contributed by atoms with van der Waals surface area (Å²) in [7, 11) is -3.16. The first kappa shape index (κ1) is 13.6. The van der Waals surface area contributed by atoms with Crippen LogP contribution in [0.2, 0.25) is 5.02 Å². The zero-order chi connectivity index (χ0) is 13.3. The number of sulfone groups is 1. The van der Waals surface area contributed by atoms with Crippen LogP contribution < -0.4 is 5.32 Å². The molecule has 0 aliphatic carbocycles. The summed E-state index contributed by atoms with van der Waals surface area (Å²) in [6.45, 7) is 0. The van der Waals surface area contributed by atoms with Gasteiger partial charge in [-0.3, -0.25) is 4.79 Å². The van der Waals surface area contributed by atoms with Gasteiger partial charge < -0.3 is 5.32 Å². The van der Waals surface area contributed by atoms with Crippen LogP contribution in [0, 0.1) is 0 Å². The number of amides is 1. The molecule has 1 aliphatic heterocycles. The highest BCUT2D eigenvalue weighted by Crippen LogP contribution is 2.20. The first-order chi connectivity index (χ1) is 8.39. The summed E-state index contributed by atoms with van der Waals surface area (Å²) < 4.78 is 22.7. The molecule has 1 aromatic carbocycles. The number of hydrogen-bond donors (Lipinski definition) is 1. The molecular weight excluding hydrogens is 297 g/mol. The third-order valence-corrected chi connectivity index (χ3v) is 5.42. The van der Waals surface area contributed by atoms with Gasteiger partial charge in [-0.25, -0.2) is 8.42 Å². The van der Waals surface area contributed by atoms with Crippen molar-refractivity contribution in [1.82, 2.24) is 5.32 Å². The summed E-state index contributed by atoms with van der Waals surface area (Å²) in [5, 5.41) is 2.33. The van der Waals surface area contributed by atoms with Gasteiger partial charge in [-0.15, -0.1) is 11.6 Å². The first-order valence-corrected chi connectivity index (χ1v) is 7.92. The van der Waals surface area contributed by atoms with E-state index in [4.69, 9.17) is 23.2 Å². The summed E-state index contributed by atoms with van der Waals surface area (Å²) in [6.07, 6.45) is 0. The fraction of sp³-hybridized carbons (Fsp3) is 0.364. The summed E-state index contributed by atoms with van der Waals surface area (Å²) in [5.41, 5.74) is 0.312. The molecular formula is C11H11Cl2NO3S. The van der Waals surface area contributed by atoms with Crippen LogP contribution in [0.25, 0.3) is 0 Å². The van der Waals surface area contributed by atoms with E-state index < -0.39 is 27.2 Å². The van der Waals surface area contributed by atoms with Crippen LogP contribution in [0.15, 0.2) is 24.3 Å². The van der Waals surface area contributed by atoms with Gasteiger partial charge in [0, 0.05) is 0 Å². The minimum absolute atomic E-state index is 0.109. The minimum Gasteiger partial charge on any atom is -0.347 e. The van der Waals surface area contributed by atoms with Gasteiger partial charge in [0.15, 0.2) is 9.84 Å². The summed E-state index contributed by atoms with van der Waals surface area (Å²) in [5.74, 6) is -0.646. The SMILES string of the molecule is O=C(NC1CS(=O)(=O)CC1Cl)c1ccccc1Cl. The van der Waals surface area contributed by atoms with Crippen molar-refractivity contribution in [3.8, 4) is 0 Å². The van der Waals surface area contributed by atoms with Crippen LogP contribution in [0.5, 0.6) is 0 Å². The van der Waals surface area contributed by atoms with Gasteiger partial charge in [0.1, 0.15) is 0 Å². The maximum Gasteiger partial charge on any atom is 0.253 e. The van der Waals surface area contributed by atoms with Crippen molar-refractivity contribution in [3.63, 3.8) is 0 Å². The van der Waals surface area contributed by atoms with E-state index in [-0.39, 0.29) is 11.5 Å². The Labute approximate surface area is 115 Å². The number of halogens is 2. The molecule has 2 unspecified atom stereocenters. The molecule has 1 saturated heterocycles. The van der Waals surface area contributed by atoms with Crippen LogP contribution in [0.3, 0.4) is 0 Å². The lowest BCUT2D eigenvalue weighted by molar-refractivity contribution is 0.0941. The van der Waals surface area contributed by atoms with Gasteiger partial charge >= 0.3 is 0 Å². The van der Waals surface area contributed by atoms with E-state index in [1.165, 1.54) is 0 Å². The molecule has 4 nitrogen and oxygen atoms in total.